The number of amides is 1. The summed E-state index contributed by atoms with van der Waals surface area (Å²) in [5.74, 6) is 0.733. The fraction of sp³-hybridized carbons (Fsp3) is 0.476. The van der Waals surface area contributed by atoms with Crippen molar-refractivity contribution in [1.82, 2.24) is 0 Å². The molecule has 1 N–H and O–H groups in total. The zero-order valence-electron chi connectivity index (χ0n) is 15.4. The van der Waals surface area contributed by atoms with Gasteiger partial charge >= 0.3 is 0 Å². The van der Waals surface area contributed by atoms with Crippen molar-refractivity contribution in [2.45, 2.75) is 53.4 Å². The molecule has 1 aromatic carbocycles. The Morgan fingerprint density at radius 2 is 2.12 bits per heavy atom. The first kappa shape index (κ1) is 18.7. The molecule has 0 bridgehead atoms. The minimum absolute atomic E-state index is 0.0312. The lowest BCUT2D eigenvalue weighted by atomic mass is 9.72. The molecule has 25 heavy (non-hydrogen) atoms. The van der Waals surface area contributed by atoms with Gasteiger partial charge in [0.2, 0.25) is 0 Å². The highest BCUT2D eigenvalue weighted by Crippen LogP contribution is 2.40. The van der Waals surface area contributed by atoms with Gasteiger partial charge in [-0.15, -0.1) is 11.3 Å². The summed E-state index contributed by atoms with van der Waals surface area (Å²) in [7, 11) is 0. The van der Waals surface area contributed by atoms with Crippen molar-refractivity contribution >= 4 is 38.9 Å². The Balaban J connectivity index is 1.80. The molecule has 2 nitrogen and oxygen atoms in total. The van der Waals surface area contributed by atoms with Crippen LogP contribution in [-0.4, -0.2) is 5.91 Å². The van der Waals surface area contributed by atoms with Crippen molar-refractivity contribution in [2.75, 3.05) is 5.32 Å². The summed E-state index contributed by atoms with van der Waals surface area (Å²) in [5.41, 5.74) is 4.55. The highest BCUT2D eigenvalue weighted by Gasteiger charge is 2.31. The first-order chi connectivity index (χ1) is 11.8. The van der Waals surface area contributed by atoms with Crippen LogP contribution in [-0.2, 0) is 19.3 Å². The van der Waals surface area contributed by atoms with E-state index >= 15 is 0 Å². The zero-order valence-corrected chi connectivity index (χ0v) is 17.8. The molecule has 1 amide bonds. The number of rotatable bonds is 3. The maximum atomic E-state index is 12.9. The summed E-state index contributed by atoms with van der Waals surface area (Å²) in [6.45, 7) is 9.08. The number of carbonyl (C=O) groups is 1. The molecule has 0 fully saturated rings. The number of hydrogen-bond acceptors (Lipinski definition) is 2. The predicted molar refractivity (Wildman–Crippen MR) is 111 cm³/mol. The average molecular weight is 420 g/mol. The molecule has 0 saturated heterocycles. The van der Waals surface area contributed by atoms with Gasteiger partial charge in [0.25, 0.3) is 5.91 Å². The first-order valence-electron chi connectivity index (χ1n) is 8.98. The molecule has 0 saturated carbocycles. The number of aryl methyl sites for hydroxylation is 1. The number of carbonyl (C=O) groups excluding carboxylic acids is 1. The Bertz CT molecular complexity index is 788. The lowest BCUT2D eigenvalue weighted by Gasteiger charge is -2.34. The zero-order chi connectivity index (χ0) is 18.2. The summed E-state index contributed by atoms with van der Waals surface area (Å²) in [6, 6.07) is 6.04. The quantitative estimate of drug-likeness (QED) is 0.605. The fourth-order valence-electron chi connectivity index (χ4n) is 3.61. The van der Waals surface area contributed by atoms with E-state index in [9.17, 15) is 4.79 Å². The van der Waals surface area contributed by atoms with Crippen LogP contribution in [0.15, 0.2) is 28.1 Å². The molecule has 1 heterocycles. The van der Waals surface area contributed by atoms with Crippen LogP contribution < -0.4 is 5.32 Å². The molecule has 134 valence electrons. The van der Waals surface area contributed by atoms with Crippen LogP contribution in [0.5, 0.6) is 0 Å². The number of nitrogens with one attached hydrogen (secondary N) is 1. The van der Waals surface area contributed by atoms with Gasteiger partial charge in [0.05, 0.1) is 5.56 Å². The minimum atomic E-state index is 0.0312. The van der Waals surface area contributed by atoms with E-state index < -0.39 is 0 Å². The second-order valence-electron chi connectivity index (χ2n) is 7.97. The molecule has 4 heteroatoms. The number of anilines is 1. The van der Waals surface area contributed by atoms with Crippen molar-refractivity contribution in [3.05, 3.63) is 49.6 Å². The van der Waals surface area contributed by atoms with E-state index in [1.165, 1.54) is 16.9 Å². The van der Waals surface area contributed by atoms with Gasteiger partial charge in [-0.3, -0.25) is 4.79 Å². The summed E-state index contributed by atoms with van der Waals surface area (Å²) < 4.78 is 1.04. The van der Waals surface area contributed by atoms with Crippen LogP contribution in [0.2, 0.25) is 0 Å². The summed E-state index contributed by atoms with van der Waals surface area (Å²) in [5, 5.41) is 5.18. The average Bonchev–Trinajstić information content (AvgIpc) is 2.98. The molecule has 0 aliphatic heterocycles. The fourth-order valence-corrected chi connectivity index (χ4v) is 5.18. The molecule has 3 rings (SSSR count). The van der Waals surface area contributed by atoms with E-state index in [0.29, 0.717) is 11.3 Å². The van der Waals surface area contributed by atoms with Crippen molar-refractivity contribution < 1.29 is 4.79 Å². The molecular weight excluding hydrogens is 394 g/mol. The lowest BCUT2D eigenvalue weighted by molar-refractivity contribution is 0.102. The van der Waals surface area contributed by atoms with E-state index in [1.807, 2.05) is 12.1 Å². The number of thiophene rings is 1. The highest BCUT2D eigenvalue weighted by atomic mass is 79.9. The van der Waals surface area contributed by atoms with Gasteiger partial charge in [-0.05, 0) is 66.3 Å². The molecule has 1 aliphatic rings. The van der Waals surface area contributed by atoms with Crippen LogP contribution in [0.25, 0.3) is 0 Å². The molecule has 2 aromatic rings. The van der Waals surface area contributed by atoms with Crippen molar-refractivity contribution in [3.8, 4) is 0 Å². The maximum absolute atomic E-state index is 12.9. The van der Waals surface area contributed by atoms with Gasteiger partial charge in [0.1, 0.15) is 0 Å². The minimum Gasteiger partial charge on any atom is -0.322 e. The Hall–Kier alpha value is -1.13. The summed E-state index contributed by atoms with van der Waals surface area (Å²) >= 11 is 5.26. The topological polar surface area (TPSA) is 29.1 Å². The van der Waals surface area contributed by atoms with Gasteiger partial charge in [0, 0.05) is 20.4 Å². The number of benzene rings is 1. The van der Waals surface area contributed by atoms with Crippen molar-refractivity contribution in [1.29, 1.82) is 0 Å². The Kier molecular flexibility index (Phi) is 5.40. The third-order valence-electron chi connectivity index (χ3n) is 5.32. The van der Waals surface area contributed by atoms with E-state index in [1.54, 1.807) is 11.3 Å². The second-order valence-corrected chi connectivity index (χ2v) is 9.85. The molecule has 0 unspecified atom stereocenters. The van der Waals surface area contributed by atoms with E-state index in [0.717, 1.165) is 40.5 Å². The summed E-state index contributed by atoms with van der Waals surface area (Å²) in [4.78, 5) is 14.3. The number of fused-ring (bicyclic) bond motifs is 1. The molecule has 0 radical (unpaired) electrons. The Morgan fingerprint density at radius 1 is 1.36 bits per heavy atom. The van der Waals surface area contributed by atoms with Gasteiger partial charge < -0.3 is 5.32 Å². The van der Waals surface area contributed by atoms with Gasteiger partial charge in [-0.1, -0.05) is 43.6 Å². The molecular formula is C21H26BrNOS. The van der Waals surface area contributed by atoms with Gasteiger partial charge in [-0.2, -0.15) is 0 Å². The van der Waals surface area contributed by atoms with E-state index in [-0.39, 0.29) is 5.91 Å². The van der Waals surface area contributed by atoms with Crippen LogP contribution in [0, 0.1) is 11.3 Å². The predicted octanol–water partition coefficient (Wildman–Crippen LogP) is 6.48. The Morgan fingerprint density at radius 3 is 2.80 bits per heavy atom. The van der Waals surface area contributed by atoms with E-state index in [4.69, 9.17) is 0 Å². The lowest BCUT2D eigenvalue weighted by Crippen LogP contribution is -2.27. The molecule has 0 spiro atoms. The monoisotopic (exact) mass is 419 g/mol. The van der Waals surface area contributed by atoms with Crippen LogP contribution in [0.4, 0.5) is 5.69 Å². The molecule has 1 atom stereocenters. The van der Waals surface area contributed by atoms with Crippen LogP contribution >= 0.6 is 27.3 Å². The molecule has 1 aliphatic carbocycles. The van der Waals surface area contributed by atoms with Crippen LogP contribution in [0.3, 0.4) is 0 Å². The normalized spacial score (nSPS) is 17.2. The first-order valence-corrected chi connectivity index (χ1v) is 10.7. The SMILES string of the molecule is CCc1cc(Br)ccc1NC(=O)c1csc2c1CC[C@@H](C(C)(C)C)C2. The van der Waals surface area contributed by atoms with Crippen LogP contribution in [0.1, 0.15) is 60.5 Å². The second kappa shape index (κ2) is 7.24. The van der Waals surface area contributed by atoms with Gasteiger partial charge in [-0.25, -0.2) is 0 Å². The maximum Gasteiger partial charge on any atom is 0.256 e. The highest BCUT2D eigenvalue weighted by molar-refractivity contribution is 9.10. The Labute approximate surface area is 163 Å². The third-order valence-corrected chi connectivity index (χ3v) is 6.87. The molecule has 1 aromatic heterocycles. The van der Waals surface area contributed by atoms with Crippen molar-refractivity contribution in [2.24, 2.45) is 11.3 Å². The largest absolute Gasteiger partial charge is 0.322 e. The number of hydrogen-bond donors (Lipinski definition) is 1. The third kappa shape index (κ3) is 4.01. The van der Waals surface area contributed by atoms with E-state index in [2.05, 4.69) is 60.4 Å². The standard InChI is InChI=1S/C21H26BrNOS/c1-5-13-10-15(22)7-9-18(13)23-20(24)17-12-25-19-11-14(21(2,3)4)6-8-16(17)19/h7,9-10,12,14H,5-6,8,11H2,1-4H3,(H,23,24)/t14-/m1/s1. The summed E-state index contributed by atoms with van der Waals surface area (Å²) in [6.07, 6.45) is 4.19. The van der Waals surface area contributed by atoms with Crippen molar-refractivity contribution in [3.63, 3.8) is 0 Å². The smallest absolute Gasteiger partial charge is 0.256 e. The number of halogens is 1. The van der Waals surface area contributed by atoms with Gasteiger partial charge in [0.15, 0.2) is 0 Å².